The Balaban J connectivity index is 2.31. The highest BCUT2D eigenvalue weighted by Crippen LogP contribution is 2.39. The van der Waals surface area contributed by atoms with Gasteiger partial charge in [0.05, 0.1) is 15.0 Å². The number of nitro benzene ring substituents is 1. The van der Waals surface area contributed by atoms with Crippen LogP contribution in [0.3, 0.4) is 0 Å². The Labute approximate surface area is 128 Å². The number of hydrogen-bond acceptors (Lipinski definition) is 3. The van der Waals surface area contributed by atoms with Crippen molar-refractivity contribution in [1.82, 2.24) is 0 Å². The highest BCUT2D eigenvalue weighted by atomic mass is 35.5. The number of hydrogen-bond donors (Lipinski definition) is 0. The van der Waals surface area contributed by atoms with E-state index in [4.69, 9.17) is 34.8 Å². The van der Waals surface area contributed by atoms with Crippen molar-refractivity contribution in [2.45, 2.75) is 9.79 Å². The summed E-state index contributed by atoms with van der Waals surface area (Å²) in [6.45, 7) is 0. The molecular weight excluding hydrogens is 329 g/mol. The maximum atomic E-state index is 10.6. The number of benzene rings is 2. The predicted octanol–water partition coefficient (Wildman–Crippen LogP) is 5.71. The SMILES string of the molecule is O=[N+]([O-])c1ccc(Sc2ccc(Cl)cc2Cl)c(Cl)c1. The average molecular weight is 335 g/mol. The molecule has 0 unspecified atom stereocenters. The van der Waals surface area contributed by atoms with Gasteiger partial charge in [-0.25, -0.2) is 0 Å². The van der Waals surface area contributed by atoms with Crippen LogP contribution in [0.1, 0.15) is 0 Å². The molecule has 19 heavy (non-hydrogen) atoms. The Bertz CT molecular complexity index is 649. The number of nitrogens with zero attached hydrogens (tertiary/aromatic N) is 1. The molecule has 0 amide bonds. The van der Waals surface area contributed by atoms with Gasteiger partial charge in [0, 0.05) is 26.9 Å². The van der Waals surface area contributed by atoms with Crippen molar-refractivity contribution in [3.8, 4) is 0 Å². The third-order valence-electron chi connectivity index (χ3n) is 2.24. The Morgan fingerprint density at radius 2 is 1.53 bits per heavy atom. The van der Waals surface area contributed by atoms with Crippen LogP contribution in [0.15, 0.2) is 46.2 Å². The van der Waals surface area contributed by atoms with Crippen molar-refractivity contribution in [3.63, 3.8) is 0 Å². The molecule has 2 aromatic carbocycles. The molecule has 0 aliphatic rings. The summed E-state index contributed by atoms with van der Waals surface area (Å²) in [6, 6.07) is 9.43. The van der Waals surface area contributed by atoms with Gasteiger partial charge in [-0.2, -0.15) is 0 Å². The van der Waals surface area contributed by atoms with Gasteiger partial charge in [-0.1, -0.05) is 46.6 Å². The van der Waals surface area contributed by atoms with E-state index >= 15 is 0 Å². The second kappa shape index (κ2) is 6.01. The largest absolute Gasteiger partial charge is 0.270 e. The molecule has 0 radical (unpaired) electrons. The zero-order valence-corrected chi connectivity index (χ0v) is 12.4. The molecule has 0 spiro atoms. The minimum atomic E-state index is -0.490. The molecule has 0 N–H and O–H groups in total. The fourth-order valence-electron chi connectivity index (χ4n) is 1.36. The minimum Gasteiger partial charge on any atom is -0.258 e. The normalized spacial score (nSPS) is 10.5. The Morgan fingerprint density at radius 3 is 2.05 bits per heavy atom. The molecule has 0 saturated heterocycles. The minimum absolute atomic E-state index is 0.0449. The number of rotatable bonds is 3. The fourth-order valence-corrected chi connectivity index (χ4v) is 3.00. The summed E-state index contributed by atoms with van der Waals surface area (Å²) in [4.78, 5) is 11.6. The van der Waals surface area contributed by atoms with E-state index in [-0.39, 0.29) is 5.69 Å². The first-order chi connectivity index (χ1) is 8.97. The molecule has 0 heterocycles. The molecule has 2 rings (SSSR count). The van der Waals surface area contributed by atoms with Crippen LogP contribution >= 0.6 is 46.6 Å². The average Bonchev–Trinajstić information content (AvgIpc) is 2.34. The summed E-state index contributed by atoms with van der Waals surface area (Å²) >= 11 is 19.2. The second-order valence-electron chi connectivity index (χ2n) is 3.55. The first-order valence-corrected chi connectivity index (χ1v) is 6.99. The maximum Gasteiger partial charge on any atom is 0.270 e. The van der Waals surface area contributed by atoms with Gasteiger partial charge >= 0.3 is 0 Å². The maximum absolute atomic E-state index is 10.6. The van der Waals surface area contributed by atoms with Crippen LogP contribution in [0.5, 0.6) is 0 Å². The van der Waals surface area contributed by atoms with Crippen LogP contribution in [0.25, 0.3) is 0 Å². The molecule has 0 aliphatic carbocycles. The van der Waals surface area contributed by atoms with E-state index in [0.29, 0.717) is 20.0 Å². The lowest BCUT2D eigenvalue weighted by molar-refractivity contribution is -0.384. The number of nitro groups is 1. The summed E-state index contributed by atoms with van der Waals surface area (Å²) in [7, 11) is 0. The number of non-ortho nitro benzene ring substituents is 1. The van der Waals surface area contributed by atoms with Gasteiger partial charge in [0.1, 0.15) is 0 Å². The first kappa shape index (κ1) is 14.5. The smallest absolute Gasteiger partial charge is 0.258 e. The topological polar surface area (TPSA) is 43.1 Å². The van der Waals surface area contributed by atoms with Crippen LogP contribution in [0.4, 0.5) is 5.69 Å². The summed E-state index contributed by atoms with van der Waals surface area (Å²) < 4.78 is 0. The highest BCUT2D eigenvalue weighted by molar-refractivity contribution is 7.99. The lowest BCUT2D eigenvalue weighted by atomic mass is 10.3. The van der Waals surface area contributed by atoms with Crippen LogP contribution in [-0.4, -0.2) is 4.92 Å². The van der Waals surface area contributed by atoms with Crippen LogP contribution in [0, 0.1) is 10.1 Å². The van der Waals surface area contributed by atoms with Crippen LogP contribution in [0.2, 0.25) is 15.1 Å². The molecule has 0 saturated carbocycles. The van der Waals surface area contributed by atoms with Crippen molar-refractivity contribution < 1.29 is 4.92 Å². The van der Waals surface area contributed by atoms with E-state index in [1.54, 1.807) is 24.3 Å². The predicted molar refractivity (Wildman–Crippen MR) is 78.7 cm³/mol. The van der Waals surface area contributed by atoms with Crippen molar-refractivity contribution in [3.05, 3.63) is 61.6 Å². The quantitative estimate of drug-likeness (QED) is 0.533. The van der Waals surface area contributed by atoms with Crippen molar-refractivity contribution >= 4 is 52.3 Å². The van der Waals surface area contributed by atoms with Crippen LogP contribution in [-0.2, 0) is 0 Å². The van der Waals surface area contributed by atoms with Crippen molar-refractivity contribution in [1.29, 1.82) is 0 Å². The molecular formula is C12H6Cl3NO2S. The third-order valence-corrected chi connectivity index (χ3v) is 4.48. The monoisotopic (exact) mass is 333 g/mol. The van der Waals surface area contributed by atoms with Gasteiger partial charge in [-0.3, -0.25) is 10.1 Å². The summed E-state index contributed by atoms with van der Waals surface area (Å²) in [5, 5.41) is 12.0. The van der Waals surface area contributed by atoms with Gasteiger partial charge in [-0.05, 0) is 24.3 Å². The van der Waals surface area contributed by atoms with E-state index in [9.17, 15) is 10.1 Å². The lowest BCUT2D eigenvalue weighted by Gasteiger charge is -2.06. The van der Waals surface area contributed by atoms with Gasteiger partial charge in [-0.15, -0.1) is 0 Å². The molecule has 2 aromatic rings. The molecule has 0 atom stereocenters. The molecule has 0 fully saturated rings. The number of halogens is 3. The Morgan fingerprint density at radius 1 is 0.947 bits per heavy atom. The highest BCUT2D eigenvalue weighted by Gasteiger charge is 2.11. The van der Waals surface area contributed by atoms with E-state index < -0.39 is 4.92 Å². The lowest BCUT2D eigenvalue weighted by Crippen LogP contribution is -1.87. The van der Waals surface area contributed by atoms with E-state index in [1.807, 2.05) is 0 Å². The zero-order valence-electron chi connectivity index (χ0n) is 9.27. The van der Waals surface area contributed by atoms with Gasteiger partial charge in [0.15, 0.2) is 0 Å². The van der Waals surface area contributed by atoms with E-state index in [0.717, 1.165) is 4.90 Å². The van der Waals surface area contributed by atoms with Crippen molar-refractivity contribution in [2.24, 2.45) is 0 Å². The Kier molecular flexibility index (Phi) is 4.58. The molecule has 7 heteroatoms. The van der Waals surface area contributed by atoms with Gasteiger partial charge in [0.25, 0.3) is 5.69 Å². The molecule has 0 aliphatic heterocycles. The summed E-state index contributed by atoms with van der Waals surface area (Å²) in [5.74, 6) is 0. The fraction of sp³-hybridized carbons (Fsp3) is 0. The van der Waals surface area contributed by atoms with Crippen molar-refractivity contribution in [2.75, 3.05) is 0 Å². The Hall–Kier alpha value is -0.940. The van der Waals surface area contributed by atoms with E-state index in [1.165, 1.54) is 23.9 Å². The van der Waals surface area contributed by atoms with Gasteiger partial charge in [0.2, 0.25) is 0 Å². The first-order valence-electron chi connectivity index (χ1n) is 5.04. The standard InChI is InChI=1S/C12H6Cl3NO2S/c13-7-1-3-11(9(14)5-7)19-12-4-2-8(16(17)18)6-10(12)15/h1-6H. The molecule has 3 nitrogen and oxygen atoms in total. The van der Waals surface area contributed by atoms with Crippen LogP contribution < -0.4 is 0 Å². The summed E-state index contributed by atoms with van der Waals surface area (Å²) in [6.07, 6.45) is 0. The third kappa shape index (κ3) is 3.54. The molecule has 98 valence electrons. The second-order valence-corrected chi connectivity index (χ2v) is 5.88. The van der Waals surface area contributed by atoms with Gasteiger partial charge < -0.3 is 0 Å². The van der Waals surface area contributed by atoms with E-state index in [2.05, 4.69) is 0 Å². The molecule has 0 bridgehead atoms. The summed E-state index contributed by atoms with van der Waals surface area (Å²) in [5.41, 5.74) is -0.0449. The molecule has 0 aromatic heterocycles. The zero-order chi connectivity index (χ0) is 14.0.